The minimum atomic E-state index is 0.0899. The van der Waals surface area contributed by atoms with E-state index in [1.807, 2.05) is 18.2 Å². The van der Waals surface area contributed by atoms with Crippen LogP contribution in [0.5, 0.6) is 11.5 Å². The first-order valence-electron chi connectivity index (χ1n) is 4.14. The summed E-state index contributed by atoms with van der Waals surface area (Å²) >= 11 is 0. The van der Waals surface area contributed by atoms with E-state index in [9.17, 15) is 0 Å². The molecular formula is C10H8O3. The van der Waals surface area contributed by atoms with Gasteiger partial charge in [0.1, 0.15) is 0 Å². The maximum Gasteiger partial charge on any atom is 0.231 e. The first kappa shape index (κ1) is 6.97. The molecule has 3 nitrogen and oxygen atoms in total. The van der Waals surface area contributed by atoms with Crippen molar-refractivity contribution in [3.8, 4) is 11.5 Å². The highest BCUT2D eigenvalue weighted by Crippen LogP contribution is 2.45. The minimum absolute atomic E-state index is 0.0899. The van der Waals surface area contributed by atoms with E-state index in [2.05, 4.69) is 0 Å². The number of benzene rings is 1. The van der Waals surface area contributed by atoms with Crippen LogP contribution in [0.15, 0.2) is 12.1 Å². The summed E-state index contributed by atoms with van der Waals surface area (Å²) in [5, 5.41) is 8.94. The molecule has 0 unspecified atom stereocenters. The molecule has 1 aliphatic carbocycles. The zero-order valence-corrected chi connectivity index (χ0v) is 6.91. The topological polar surface area (TPSA) is 38.7 Å². The van der Waals surface area contributed by atoms with Crippen LogP contribution < -0.4 is 9.47 Å². The lowest BCUT2D eigenvalue weighted by Crippen LogP contribution is -2.03. The average molecular weight is 176 g/mol. The number of fused-ring (bicyclic) bond motifs is 3. The fourth-order valence-corrected chi connectivity index (χ4v) is 1.72. The van der Waals surface area contributed by atoms with Gasteiger partial charge in [-0.25, -0.2) is 0 Å². The van der Waals surface area contributed by atoms with Gasteiger partial charge in [-0.05, 0) is 23.3 Å². The molecule has 0 fully saturated rings. The standard InChI is InChI=1S/C10H8O3/c11-4-6-3-8-7(6)1-2-9-10(8)13-5-12-9/h1-3,11H,4-5H2. The van der Waals surface area contributed by atoms with Crippen LogP contribution in [0.2, 0.25) is 0 Å². The summed E-state index contributed by atoms with van der Waals surface area (Å²) in [6, 6.07) is 3.83. The molecule has 0 spiro atoms. The zero-order chi connectivity index (χ0) is 8.84. The highest BCUT2D eigenvalue weighted by Gasteiger charge is 2.25. The Kier molecular flexibility index (Phi) is 1.21. The molecule has 2 aliphatic rings. The van der Waals surface area contributed by atoms with Crippen LogP contribution in [-0.2, 0) is 0 Å². The Bertz CT molecular complexity index is 407. The Morgan fingerprint density at radius 2 is 2.23 bits per heavy atom. The van der Waals surface area contributed by atoms with Crippen molar-refractivity contribution < 1.29 is 14.6 Å². The minimum Gasteiger partial charge on any atom is -0.454 e. The molecule has 66 valence electrons. The maximum absolute atomic E-state index is 8.94. The number of aliphatic hydroxyl groups excluding tert-OH is 1. The quantitative estimate of drug-likeness (QED) is 0.700. The summed E-state index contributed by atoms with van der Waals surface area (Å²) in [5.74, 6) is 1.61. The number of ether oxygens (including phenoxy) is 2. The number of hydrogen-bond donors (Lipinski definition) is 1. The third kappa shape index (κ3) is 0.769. The molecule has 1 heterocycles. The van der Waals surface area contributed by atoms with Gasteiger partial charge >= 0.3 is 0 Å². The third-order valence-electron chi connectivity index (χ3n) is 2.41. The molecule has 1 aromatic rings. The second-order valence-electron chi connectivity index (χ2n) is 3.09. The van der Waals surface area contributed by atoms with Crippen molar-refractivity contribution in [3.05, 3.63) is 23.3 Å². The van der Waals surface area contributed by atoms with Gasteiger partial charge in [0.2, 0.25) is 6.79 Å². The van der Waals surface area contributed by atoms with E-state index in [1.54, 1.807) is 0 Å². The van der Waals surface area contributed by atoms with Crippen molar-refractivity contribution in [1.82, 2.24) is 0 Å². The molecule has 13 heavy (non-hydrogen) atoms. The van der Waals surface area contributed by atoms with E-state index in [0.717, 1.165) is 28.2 Å². The average Bonchev–Trinajstić information content (AvgIpc) is 2.52. The molecule has 1 aliphatic heterocycles. The highest BCUT2D eigenvalue weighted by molar-refractivity contribution is 5.99. The summed E-state index contributed by atoms with van der Waals surface area (Å²) in [7, 11) is 0. The van der Waals surface area contributed by atoms with Gasteiger partial charge in [-0.2, -0.15) is 0 Å². The summed E-state index contributed by atoms with van der Waals surface area (Å²) < 4.78 is 10.5. The van der Waals surface area contributed by atoms with Crippen molar-refractivity contribution in [2.24, 2.45) is 0 Å². The Morgan fingerprint density at radius 1 is 1.31 bits per heavy atom. The lowest BCUT2D eigenvalue weighted by Gasteiger charge is -2.19. The monoisotopic (exact) mass is 176 g/mol. The van der Waals surface area contributed by atoms with Crippen molar-refractivity contribution in [2.45, 2.75) is 0 Å². The summed E-state index contributed by atoms with van der Waals surface area (Å²) in [4.78, 5) is 0. The van der Waals surface area contributed by atoms with Crippen LogP contribution in [0.4, 0.5) is 0 Å². The SMILES string of the molecule is OCC1=Cc2c1ccc1c2OCO1. The van der Waals surface area contributed by atoms with Crippen molar-refractivity contribution >= 4 is 11.6 Å². The van der Waals surface area contributed by atoms with Gasteiger partial charge in [-0.3, -0.25) is 0 Å². The molecule has 0 saturated heterocycles. The van der Waals surface area contributed by atoms with Crippen LogP contribution in [0.25, 0.3) is 11.6 Å². The lowest BCUT2D eigenvalue weighted by molar-refractivity contribution is 0.173. The molecule has 0 amide bonds. The first-order chi connectivity index (χ1) is 6.40. The second kappa shape index (κ2) is 2.26. The van der Waals surface area contributed by atoms with E-state index in [-0.39, 0.29) is 6.61 Å². The third-order valence-corrected chi connectivity index (χ3v) is 2.41. The second-order valence-corrected chi connectivity index (χ2v) is 3.09. The van der Waals surface area contributed by atoms with Crippen molar-refractivity contribution in [3.63, 3.8) is 0 Å². The van der Waals surface area contributed by atoms with Gasteiger partial charge in [0, 0.05) is 5.56 Å². The summed E-state index contributed by atoms with van der Waals surface area (Å²) in [6.45, 7) is 0.390. The zero-order valence-electron chi connectivity index (χ0n) is 6.91. The van der Waals surface area contributed by atoms with Gasteiger partial charge in [-0.1, -0.05) is 6.07 Å². The number of rotatable bonds is 1. The predicted molar refractivity (Wildman–Crippen MR) is 47.5 cm³/mol. The van der Waals surface area contributed by atoms with E-state index in [1.165, 1.54) is 0 Å². The van der Waals surface area contributed by atoms with Gasteiger partial charge in [0.15, 0.2) is 11.5 Å². The molecule has 0 saturated carbocycles. The molecule has 3 rings (SSSR count). The molecule has 1 aromatic carbocycles. The molecule has 1 N–H and O–H groups in total. The van der Waals surface area contributed by atoms with Crippen LogP contribution in [0.1, 0.15) is 11.1 Å². The Balaban J connectivity index is 2.14. The normalized spacial score (nSPS) is 16.2. The van der Waals surface area contributed by atoms with Crippen LogP contribution in [0.3, 0.4) is 0 Å². The van der Waals surface area contributed by atoms with Gasteiger partial charge in [0.25, 0.3) is 0 Å². The number of hydrogen-bond acceptors (Lipinski definition) is 3. The highest BCUT2D eigenvalue weighted by atomic mass is 16.7. The van der Waals surface area contributed by atoms with Gasteiger partial charge in [-0.15, -0.1) is 0 Å². The van der Waals surface area contributed by atoms with Crippen LogP contribution in [-0.4, -0.2) is 18.5 Å². The molecule has 0 aromatic heterocycles. The summed E-state index contributed by atoms with van der Waals surface area (Å²) in [6.07, 6.45) is 1.93. The molecular weight excluding hydrogens is 168 g/mol. The largest absolute Gasteiger partial charge is 0.454 e. The van der Waals surface area contributed by atoms with E-state index in [0.29, 0.717) is 6.79 Å². The van der Waals surface area contributed by atoms with E-state index < -0.39 is 0 Å². The molecule has 3 heteroatoms. The lowest BCUT2D eigenvalue weighted by atomic mass is 9.88. The predicted octanol–water partition coefficient (Wildman–Crippen LogP) is 1.26. The van der Waals surface area contributed by atoms with E-state index >= 15 is 0 Å². The fraction of sp³-hybridized carbons (Fsp3) is 0.200. The van der Waals surface area contributed by atoms with Crippen molar-refractivity contribution in [2.75, 3.05) is 13.4 Å². The Morgan fingerprint density at radius 3 is 3.08 bits per heavy atom. The number of aliphatic hydroxyl groups is 1. The summed E-state index contributed by atoms with van der Waals surface area (Å²) in [5.41, 5.74) is 3.10. The van der Waals surface area contributed by atoms with E-state index in [4.69, 9.17) is 14.6 Å². The molecule has 0 radical (unpaired) electrons. The van der Waals surface area contributed by atoms with Crippen LogP contribution >= 0.6 is 0 Å². The Hall–Kier alpha value is -1.48. The molecule has 0 atom stereocenters. The van der Waals surface area contributed by atoms with Gasteiger partial charge < -0.3 is 14.6 Å². The smallest absolute Gasteiger partial charge is 0.231 e. The van der Waals surface area contributed by atoms with Crippen LogP contribution in [0, 0.1) is 0 Å². The van der Waals surface area contributed by atoms with Crippen molar-refractivity contribution in [1.29, 1.82) is 0 Å². The maximum atomic E-state index is 8.94. The first-order valence-corrected chi connectivity index (χ1v) is 4.14. The fourth-order valence-electron chi connectivity index (χ4n) is 1.72. The Labute approximate surface area is 75.2 Å². The van der Waals surface area contributed by atoms with Gasteiger partial charge in [0.05, 0.1) is 6.61 Å². The molecule has 0 bridgehead atoms.